The van der Waals surface area contributed by atoms with Crippen molar-refractivity contribution in [1.82, 2.24) is 29.9 Å². The van der Waals surface area contributed by atoms with E-state index in [0.717, 1.165) is 16.6 Å². The van der Waals surface area contributed by atoms with E-state index >= 15 is 0 Å². The van der Waals surface area contributed by atoms with Crippen molar-refractivity contribution < 1.29 is 27.1 Å². The molecule has 0 saturated heterocycles. The zero-order chi connectivity index (χ0) is 25.8. The van der Waals surface area contributed by atoms with Crippen LogP contribution in [-0.4, -0.2) is 44.6 Å². The Balaban J connectivity index is 1.81. The Bertz CT molecular complexity index is 1690. The number of nitrogens with one attached hydrogen (secondary N) is 2. The normalized spacial score (nSPS) is 11.9. The van der Waals surface area contributed by atoms with Crippen LogP contribution in [0.2, 0.25) is 5.02 Å². The molecule has 0 fully saturated rings. The average Bonchev–Trinajstić information content (AvgIpc) is 3.32. The van der Waals surface area contributed by atoms with Crippen molar-refractivity contribution in [2.45, 2.75) is 6.18 Å². The number of fused-ring (bicyclic) bond motifs is 6. The van der Waals surface area contributed by atoms with Crippen LogP contribution in [0.5, 0.6) is 5.88 Å². The number of hydrogen-bond donors (Lipinski definition) is 2. The summed E-state index contributed by atoms with van der Waals surface area (Å²) < 4.78 is 60.4. The molecule has 0 aliphatic carbocycles. The number of hydrogen-bond acceptors (Lipinski definition) is 7. The molecule has 184 valence electrons. The van der Waals surface area contributed by atoms with E-state index in [1.165, 1.54) is 38.6 Å². The molecule has 4 aromatic heterocycles. The zero-order valence-corrected chi connectivity index (χ0v) is 19.2. The van der Waals surface area contributed by atoms with Crippen LogP contribution in [-0.2, 0) is 6.18 Å². The minimum Gasteiger partial charge on any atom is -0.480 e. The first-order valence-electron chi connectivity index (χ1n) is 10.2. The van der Waals surface area contributed by atoms with E-state index in [9.17, 15) is 22.4 Å². The van der Waals surface area contributed by atoms with Gasteiger partial charge in [-0.05, 0) is 30.3 Å². The summed E-state index contributed by atoms with van der Waals surface area (Å²) in [4.78, 5) is 25.3. The van der Waals surface area contributed by atoms with Crippen LogP contribution in [0.25, 0.3) is 27.5 Å². The predicted octanol–water partition coefficient (Wildman–Crippen LogP) is 4.75. The Hall–Kier alpha value is -4.26. The number of carbonyl (C=O) groups excluding carboxylic acids is 1. The molecule has 0 aliphatic heterocycles. The maximum Gasteiger partial charge on any atom is 0.435 e. The summed E-state index contributed by atoms with van der Waals surface area (Å²) in [6, 6.07) is 6.12. The number of amides is 1. The lowest BCUT2D eigenvalue weighted by Crippen LogP contribution is -2.19. The summed E-state index contributed by atoms with van der Waals surface area (Å²) in [7, 11) is 2.71. The summed E-state index contributed by atoms with van der Waals surface area (Å²) in [5.74, 6) is -1.22. The van der Waals surface area contributed by atoms with Gasteiger partial charge in [0.25, 0.3) is 5.91 Å². The van der Waals surface area contributed by atoms with Crippen molar-refractivity contribution in [3.05, 3.63) is 58.6 Å². The van der Waals surface area contributed by atoms with Crippen LogP contribution in [0.15, 0.2) is 36.5 Å². The molecule has 14 heteroatoms. The van der Waals surface area contributed by atoms with E-state index in [1.807, 2.05) is 0 Å². The third-order valence-electron chi connectivity index (χ3n) is 5.33. The van der Waals surface area contributed by atoms with Gasteiger partial charge in [-0.2, -0.15) is 23.3 Å². The third-order valence-corrected chi connectivity index (χ3v) is 5.62. The quantitative estimate of drug-likeness (QED) is 0.261. The van der Waals surface area contributed by atoms with Crippen LogP contribution in [0.3, 0.4) is 0 Å². The number of nitrogens with zero attached hydrogens (tertiary/aromatic N) is 5. The number of alkyl halides is 3. The summed E-state index contributed by atoms with van der Waals surface area (Å²) >= 11 is 5.81. The first-order chi connectivity index (χ1) is 17.1. The van der Waals surface area contributed by atoms with E-state index in [1.54, 1.807) is 0 Å². The largest absolute Gasteiger partial charge is 0.480 e. The molecular formula is C22H14ClF4N7O2. The van der Waals surface area contributed by atoms with Gasteiger partial charge in [-0.1, -0.05) is 11.6 Å². The number of anilines is 2. The van der Waals surface area contributed by atoms with Crippen molar-refractivity contribution in [3.8, 4) is 5.88 Å². The molecule has 36 heavy (non-hydrogen) atoms. The lowest BCUT2D eigenvalue weighted by molar-refractivity contribution is -0.141. The predicted molar refractivity (Wildman–Crippen MR) is 123 cm³/mol. The van der Waals surface area contributed by atoms with E-state index in [-0.39, 0.29) is 44.5 Å². The van der Waals surface area contributed by atoms with Gasteiger partial charge in [-0.15, -0.1) is 0 Å². The fourth-order valence-corrected chi connectivity index (χ4v) is 3.87. The molecule has 0 unspecified atom stereocenters. The monoisotopic (exact) mass is 519 g/mol. The summed E-state index contributed by atoms with van der Waals surface area (Å²) in [5.41, 5.74) is -0.649. The zero-order valence-electron chi connectivity index (χ0n) is 18.4. The van der Waals surface area contributed by atoms with Crippen molar-refractivity contribution >= 4 is 56.6 Å². The first-order valence-corrected chi connectivity index (χ1v) is 10.6. The molecule has 5 aromatic rings. The van der Waals surface area contributed by atoms with Crippen LogP contribution in [0, 0.1) is 5.82 Å². The molecule has 4 heterocycles. The maximum absolute atomic E-state index is 13.6. The molecule has 0 aliphatic rings. The van der Waals surface area contributed by atoms with Gasteiger partial charge in [-0.25, -0.2) is 18.9 Å². The van der Waals surface area contributed by atoms with Gasteiger partial charge < -0.3 is 15.4 Å². The number of ether oxygens (including phenoxy) is 1. The molecule has 0 radical (unpaired) electrons. The SMILES string of the molecule is CNC(=O)c1cc2c3cnc(Nc4ccc(F)c(Cl)c4)nc3n3nc(C(F)(F)F)cc3c2nc1OC. The Labute approximate surface area is 204 Å². The lowest BCUT2D eigenvalue weighted by atomic mass is 10.1. The second kappa shape index (κ2) is 8.45. The molecular weight excluding hydrogens is 506 g/mol. The van der Waals surface area contributed by atoms with Crippen molar-refractivity contribution in [2.24, 2.45) is 0 Å². The molecule has 1 amide bonds. The first kappa shape index (κ1) is 23.5. The number of pyridine rings is 2. The number of methoxy groups -OCH3 is 1. The van der Waals surface area contributed by atoms with E-state index in [4.69, 9.17) is 16.3 Å². The topological polar surface area (TPSA) is 106 Å². The van der Waals surface area contributed by atoms with E-state index < -0.39 is 23.6 Å². The molecule has 1 aromatic carbocycles. The Morgan fingerprint density at radius 1 is 1.14 bits per heavy atom. The van der Waals surface area contributed by atoms with Gasteiger partial charge in [0.15, 0.2) is 11.3 Å². The third kappa shape index (κ3) is 3.86. The fraction of sp³-hybridized carbons (Fsp3) is 0.136. The molecule has 5 rings (SSSR count). The fourth-order valence-electron chi connectivity index (χ4n) is 3.69. The van der Waals surface area contributed by atoms with Crippen LogP contribution < -0.4 is 15.4 Å². The van der Waals surface area contributed by atoms with Crippen molar-refractivity contribution in [1.29, 1.82) is 0 Å². The Morgan fingerprint density at radius 2 is 1.92 bits per heavy atom. The summed E-state index contributed by atoms with van der Waals surface area (Å²) in [5, 5.41) is 9.46. The van der Waals surface area contributed by atoms with Gasteiger partial charge in [-0.3, -0.25) is 4.79 Å². The van der Waals surface area contributed by atoms with Crippen LogP contribution in [0.1, 0.15) is 16.1 Å². The maximum atomic E-state index is 13.6. The second-order valence-corrected chi connectivity index (χ2v) is 7.94. The molecule has 2 N–H and O–H groups in total. The number of rotatable bonds is 4. The number of aromatic nitrogens is 5. The number of benzene rings is 1. The summed E-state index contributed by atoms with van der Waals surface area (Å²) in [6.45, 7) is 0. The summed E-state index contributed by atoms with van der Waals surface area (Å²) in [6.07, 6.45) is -3.38. The highest BCUT2D eigenvalue weighted by Gasteiger charge is 2.35. The average molecular weight is 520 g/mol. The van der Waals surface area contributed by atoms with Gasteiger partial charge in [0.05, 0.1) is 17.6 Å². The van der Waals surface area contributed by atoms with Crippen molar-refractivity contribution in [2.75, 3.05) is 19.5 Å². The molecule has 0 spiro atoms. The minimum atomic E-state index is -4.74. The number of carbonyl (C=O) groups is 1. The van der Waals surface area contributed by atoms with E-state index in [0.29, 0.717) is 11.1 Å². The van der Waals surface area contributed by atoms with Crippen LogP contribution >= 0.6 is 11.6 Å². The highest BCUT2D eigenvalue weighted by molar-refractivity contribution is 6.31. The minimum absolute atomic E-state index is 0.00790. The molecule has 0 atom stereocenters. The second-order valence-electron chi connectivity index (χ2n) is 7.53. The highest BCUT2D eigenvalue weighted by atomic mass is 35.5. The van der Waals surface area contributed by atoms with E-state index in [2.05, 4.69) is 30.7 Å². The van der Waals surface area contributed by atoms with Crippen molar-refractivity contribution in [3.63, 3.8) is 0 Å². The molecule has 0 bridgehead atoms. The molecule has 0 saturated carbocycles. The number of halogens is 5. The van der Waals surface area contributed by atoms with Gasteiger partial charge >= 0.3 is 6.18 Å². The van der Waals surface area contributed by atoms with Gasteiger partial charge in [0.1, 0.15) is 16.9 Å². The smallest absolute Gasteiger partial charge is 0.435 e. The van der Waals surface area contributed by atoms with Crippen LogP contribution in [0.4, 0.5) is 29.2 Å². The lowest BCUT2D eigenvalue weighted by Gasteiger charge is -2.12. The standard InChI is InChI=1S/C22H14ClF4N7O2/c1-28-19(35)11-6-10-12-8-29-21(30-9-3-4-14(24)13(23)5-9)32-18(12)34-15(17(10)31-20(11)36-2)7-16(33-34)22(25,26)27/h3-8H,1-2H3,(H,28,35)(H,29,30,32). The Morgan fingerprint density at radius 3 is 2.58 bits per heavy atom. The van der Waals surface area contributed by atoms with Gasteiger partial charge in [0.2, 0.25) is 11.8 Å². The Kier molecular flexibility index (Phi) is 5.51. The van der Waals surface area contributed by atoms with Gasteiger partial charge in [0, 0.05) is 29.7 Å². The highest BCUT2D eigenvalue weighted by Crippen LogP contribution is 2.35. The molecule has 9 nitrogen and oxygen atoms in total.